The first-order valence-corrected chi connectivity index (χ1v) is 9.81. The Morgan fingerprint density at radius 3 is 2.77 bits per heavy atom. The van der Waals surface area contributed by atoms with Crippen molar-refractivity contribution in [3.63, 3.8) is 0 Å². The van der Waals surface area contributed by atoms with Gasteiger partial charge in [0.15, 0.2) is 5.13 Å². The number of hydrogen-bond donors (Lipinski definition) is 1. The molecule has 1 aromatic carbocycles. The highest BCUT2D eigenvalue weighted by atomic mass is 35.5. The van der Waals surface area contributed by atoms with E-state index in [-0.39, 0.29) is 11.9 Å². The van der Waals surface area contributed by atoms with Gasteiger partial charge in [-0.3, -0.25) is 10.1 Å². The number of carbonyl (C=O) groups is 2. The van der Waals surface area contributed by atoms with E-state index in [1.807, 2.05) is 25.1 Å². The van der Waals surface area contributed by atoms with E-state index in [0.717, 1.165) is 15.8 Å². The summed E-state index contributed by atoms with van der Waals surface area (Å²) in [6.45, 7) is 3.95. The molecular weight excluding hydrogens is 392 g/mol. The van der Waals surface area contributed by atoms with Gasteiger partial charge >= 0.3 is 5.97 Å². The van der Waals surface area contributed by atoms with E-state index in [1.54, 1.807) is 19.1 Å². The van der Waals surface area contributed by atoms with Crippen LogP contribution in [0.3, 0.4) is 0 Å². The van der Waals surface area contributed by atoms with Crippen molar-refractivity contribution in [1.82, 2.24) is 4.98 Å². The molecular formula is C18H15ClN2O3S2. The first kappa shape index (κ1) is 18.6. The van der Waals surface area contributed by atoms with Gasteiger partial charge in [0.2, 0.25) is 5.91 Å². The normalized spacial score (nSPS) is 11.2. The molecule has 0 bridgehead atoms. The lowest BCUT2D eigenvalue weighted by molar-refractivity contribution is -0.111. The van der Waals surface area contributed by atoms with Gasteiger partial charge in [-0.2, -0.15) is 0 Å². The van der Waals surface area contributed by atoms with Crippen LogP contribution in [0, 0.1) is 6.92 Å². The number of fused-ring (bicyclic) bond motifs is 1. The molecule has 2 heterocycles. The quantitative estimate of drug-likeness (QED) is 0.470. The van der Waals surface area contributed by atoms with Crippen molar-refractivity contribution in [3.05, 3.63) is 51.4 Å². The highest BCUT2D eigenvalue weighted by molar-refractivity contribution is 7.30. The molecule has 2 aromatic heterocycles. The Kier molecular flexibility index (Phi) is 5.70. The molecule has 0 saturated heterocycles. The molecule has 0 aliphatic carbocycles. The van der Waals surface area contributed by atoms with Crippen LogP contribution < -0.4 is 5.32 Å². The molecule has 134 valence electrons. The monoisotopic (exact) mass is 406 g/mol. The highest BCUT2D eigenvalue weighted by Gasteiger charge is 2.20. The zero-order valence-electron chi connectivity index (χ0n) is 14.0. The molecule has 1 amide bonds. The number of nitrogens with one attached hydrogen (secondary N) is 1. The summed E-state index contributed by atoms with van der Waals surface area (Å²) in [5.74, 6) is -0.636. The van der Waals surface area contributed by atoms with Gasteiger partial charge in [-0.25, -0.2) is 9.78 Å². The molecule has 0 fully saturated rings. The van der Waals surface area contributed by atoms with E-state index in [1.165, 1.54) is 28.7 Å². The lowest BCUT2D eigenvalue weighted by atomic mass is 10.2. The van der Waals surface area contributed by atoms with Crippen LogP contribution in [0.1, 0.15) is 27.7 Å². The number of nitrogens with zero attached hydrogens (tertiary/aromatic N) is 1. The van der Waals surface area contributed by atoms with Gasteiger partial charge < -0.3 is 4.74 Å². The molecule has 8 heteroatoms. The van der Waals surface area contributed by atoms with E-state index >= 15 is 0 Å². The van der Waals surface area contributed by atoms with Crippen LogP contribution in [0.25, 0.3) is 15.6 Å². The van der Waals surface area contributed by atoms with Gasteiger partial charge in [0.05, 0.1) is 11.3 Å². The topological polar surface area (TPSA) is 68.3 Å². The molecule has 0 saturated carbocycles. The zero-order valence-corrected chi connectivity index (χ0v) is 16.4. The summed E-state index contributed by atoms with van der Waals surface area (Å²) in [6.07, 6.45) is 3.06. The van der Waals surface area contributed by atoms with Crippen molar-refractivity contribution in [3.8, 4) is 0 Å². The van der Waals surface area contributed by atoms with Crippen LogP contribution in [0.5, 0.6) is 0 Å². The number of ether oxygens (including phenoxy) is 1. The number of halogens is 1. The maximum absolute atomic E-state index is 12.1. The first-order chi connectivity index (χ1) is 12.5. The first-order valence-electron chi connectivity index (χ1n) is 7.80. The minimum atomic E-state index is -0.339. The largest absolute Gasteiger partial charge is 0.462 e. The fourth-order valence-electron chi connectivity index (χ4n) is 2.26. The number of carbonyl (C=O) groups excluding carboxylic acids is 2. The summed E-state index contributed by atoms with van der Waals surface area (Å²) in [5.41, 5.74) is 1.59. The van der Waals surface area contributed by atoms with Crippen LogP contribution in [-0.4, -0.2) is 23.5 Å². The molecule has 0 aliphatic rings. The van der Waals surface area contributed by atoms with Gasteiger partial charge in [-0.05, 0) is 37.1 Å². The Morgan fingerprint density at radius 2 is 2.08 bits per heavy atom. The second kappa shape index (κ2) is 7.99. The maximum Gasteiger partial charge on any atom is 0.348 e. The van der Waals surface area contributed by atoms with E-state index < -0.39 is 0 Å². The molecule has 0 radical (unpaired) electrons. The van der Waals surface area contributed by atoms with Gasteiger partial charge in [0, 0.05) is 11.1 Å². The minimum Gasteiger partial charge on any atom is -0.462 e. The Hall–Kier alpha value is -2.22. The molecule has 26 heavy (non-hydrogen) atoms. The van der Waals surface area contributed by atoms with Crippen LogP contribution in [0.15, 0.2) is 30.3 Å². The number of anilines is 1. The fourth-order valence-corrected chi connectivity index (χ4v) is 4.67. The Labute approximate surface area is 163 Å². The van der Waals surface area contributed by atoms with Crippen LogP contribution in [0.4, 0.5) is 5.13 Å². The van der Waals surface area contributed by atoms with Crippen LogP contribution >= 0.6 is 34.3 Å². The van der Waals surface area contributed by atoms with E-state index in [4.69, 9.17) is 16.3 Å². The molecule has 3 rings (SSSR count). The third kappa shape index (κ3) is 3.95. The number of rotatable bonds is 5. The molecule has 5 nitrogen and oxygen atoms in total. The lowest BCUT2D eigenvalue weighted by Gasteiger charge is -1.99. The van der Waals surface area contributed by atoms with Crippen LogP contribution in [0.2, 0.25) is 5.02 Å². The summed E-state index contributed by atoms with van der Waals surface area (Å²) in [5, 5.41) is 3.80. The Balaban J connectivity index is 1.74. The fraction of sp³-hybridized carbons (Fsp3) is 0.167. The van der Waals surface area contributed by atoms with E-state index in [2.05, 4.69) is 10.3 Å². The summed E-state index contributed by atoms with van der Waals surface area (Å²) in [4.78, 5) is 29.7. The number of esters is 1. The Bertz CT molecular complexity index is 1010. The third-order valence-electron chi connectivity index (χ3n) is 3.49. The number of thiophene rings is 1. The number of benzene rings is 1. The van der Waals surface area contributed by atoms with Crippen molar-refractivity contribution in [2.24, 2.45) is 0 Å². The average Bonchev–Trinajstić information content (AvgIpc) is 3.13. The zero-order chi connectivity index (χ0) is 18.7. The predicted octanol–water partition coefficient (Wildman–Crippen LogP) is 5.15. The van der Waals surface area contributed by atoms with Crippen molar-refractivity contribution in [1.29, 1.82) is 0 Å². The lowest BCUT2D eigenvalue weighted by Crippen LogP contribution is -2.07. The van der Waals surface area contributed by atoms with Crippen molar-refractivity contribution >= 4 is 66.9 Å². The molecule has 3 aromatic rings. The summed E-state index contributed by atoms with van der Waals surface area (Å²) in [6, 6.07) is 7.26. The number of hydrogen-bond acceptors (Lipinski definition) is 6. The molecule has 1 N–H and O–H groups in total. The van der Waals surface area contributed by atoms with Gasteiger partial charge in [-0.1, -0.05) is 41.1 Å². The summed E-state index contributed by atoms with van der Waals surface area (Å²) >= 11 is 8.66. The van der Waals surface area contributed by atoms with Crippen molar-refractivity contribution in [2.45, 2.75) is 13.8 Å². The second-order valence-electron chi connectivity index (χ2n) is 5.27. The Morgan fingerprint density at radius 1 is 1.31 bits per heavy atom. The molecule has 0 unspecified atom stereocenters. The minimum absolute atomic E-state index is 0.297. The highest BCUT2D eigenvalue weighted by Crippen LogP contribution is 2.37. The number of thiazole rings is 1. The molecule has 0 spiro atoms. The van der Waals surface area contributed by atoms with Gasteiger partial charge in [-0.15, -0.1) is 11.3 Å². The third-order valence-corrected chi connectivity index (χ3v) is 6.22. The average molecular weight is 407 g/mol. The second-order valence-corrected chi connectivity index (χ2v) is 7.68. The van der Waals surface area contributed by atoms with Crippen molar-refractivity contribution in [2.75, 3.05) is 11.9 Å². The number of aryl methyl sites for hydroxylation is 1. The van der Waals surface area contributed by atoms with E-state index in [9.17, 15) is 9.59 Å². The summed E-state index contributed by atoms with van der Waals surface area (Å²) in [7, 11) is 0. The van der Waals surface area contributed by atoms with Crippen LogP contribution in [-0.2, 0) is 9.53 Å². The number of aromatic nitrogens is 1. The summed E-state index contributed by atoms with van der Waals surface area (Å²) < 4.78 is 5.92. The predicted molar refractivity (Wildman–Crippen MR) is 107 cm³/mol. The van der Waals surface area contributed by atoms with Crippen molar-refractivity contribution < 1.29 is 14.3 Å². The van der Waals surface area contributed by atoms with Gasteiger partial charge in [0.25, 0.3) is 0 Å². The molecule has 0 aliphatic heterocycles. The SMILES string of the molecule is CCOC(=O)c1sc2nc(NC(=O)/C=C/c3ccccc3Cl)sc2c1C. The molecule has 0 atom stereocenters. The van der Waals surface area contributed by atoms with E-state index in [0.29, 0.717) is 26.5 Å². The smallest absolute Gasteiger partial charge is 0.348 e. The maximum atomic E-state index is 12.1. The standard InChI is InChI=1S/C18H15ClN2O3S2/c1-3-24-17(23)15-10(2)14-16(25-15)21-18(26-14)20-13(22)9-8-11-6-4-5-7-12(11)19/h4-9H,3H2,1-2H3,(H,20,21,22)/b9-8+. The van der Waals surface area contributed by atoms with Gasteiger partial charge in [0.1, 0.15) is 9.71 Å². The number of amides is 1.